The lowest BCUT2D eigenvalue weighted by Gasteiger charge is -2.09. The van der Waals surface area contributed by atoms with Gasteiger partial charge in [0, 0.05) is 6.20 Å². The van der Waals surface area contributed by atoms with Gasteiger partial charge in [-0.3, -0.25) is 9.89 Å². The SMILES string of the molecule is Nc1cc2c(=O)[nH]cnc2cc1NCc1ccn[nH]1. The van der Waals surface area contributed by atoms with Crippen molar-refractivity contribution in [2.24, 2.45) is 0 Å². The van der Waals surface area contributed by atoms with Crippen LogP contribution in [0.25, 0.3) is 10.9 Å². The van der Waals surface area contributed by atoms with Gasteiger partial charge < -0.3 is 16.0 Å². The zero-order valence-corrected chi connectivity index (χ0v) is 9.97. The van der Waals surface area contributed by atoms with Crippen molar-refractivity contribution in [3.05, 3.63) is 46.8 Å². The lowest BCUT2D eigenvalue weighted by molar-refractivity contribution is 0.982. The predicted molar refractivity (Wildman–Crippen MR) is 72.7 cm³/mol. The molecule has 3 aromatic rings. The Bertz CT molecular complexity index is 761. The maximum absolute atomic E-state index is 11.6. The molecule has 19 heavy (non-hydrogen) atoms. The second-order valence-corrected chi connectivity index (χ2v) is 4.12. The molecule has 3 rings (SSSR count). The molecule has 0 atom stereocenters. The van der Waals surface area contributed by atoms with E-state index in [1.165, 1.54) is 6.33 Å². The number of anilines is 2. The first kappa shape index (κ1) is 11.3. The number of fused-ring (bicyclic) bond motifs is 1. The molecule has 2 heterocycles. The summed E-state index contributed by atoms with van der Waals surface area (Å²) in [6.07, 6.45) is 3.06. The number of benzene rings is 1. The van der Waals surface area contributed by atoms with Crippen LogP contribution >= 0.6 is 0 Å². The minimum atomic E-state index is -0.197. The number of H-pyrrole nitrogens is 2. The first-order valence-corrected chi connectivity index (χ1v) is 5.73. The fourth-order valence-electron chi connectivity index (χ4n) is 1.86. The molecule has 0 aliphatic heterocycles. The van der Waals surface area contributed by atoms with E-state index in [2.05, 4.69) is 25.5 Å². The molecule has 0 spiro atoms. The summed E-state index contributed by atoms with van der Waals surface area (Å²) in [5.41, 5.74) is 8.51. The van der Waals surface area contributed by atoms with Crippen LogP contribution in [0.1, 0.15) is 5.69 Å². The summed E-state index contributed by atoms with van der Waals surface area (Å²) in [7, 11) is 0. The quantitative estimate of drug-likeness (QED) is 0.519. The van der Waals surface area contributed by atoms with Crippen molar-refractivity contribution in [2.45, 2.75) is 6.54 Å². The minimum absolute atomic E-state index is 0.197. The average molecular weight is 256 g/mol. The maximum Gasteiger partial charge on any atom is 0.258 e. The van der Waals surface area contributed by atoms with Gasteiger partial charge in [0.25, 0.3) is 5.56 Å². The van der Waals surface area contributed by atoms with Crippen molar-refractivity contribution in [1.82, 2.24) is 20.2 Å². The van der Waals surface area contributed by atoms with Gasteiger partial charge in [0.05, 0.1) is 40.8 Å². The zero-order valence-electron chi connectivity index (χ0n) is 9.97. The summed E-state index contributed by atoms with van der Waals surface area (Å²) >= 11 is 0. The largest absolute Gasteiger partial charge is 0.397 e. The van der Waals surface area contributed by atoms with Crippen LogP contribution in [0.2, 0.25) is 0 Å². The van der Waals surface area contributed by atoms with Crippen LogP contribution in [0.4, 0.5) is 11.4 Å². The molecule has 0 amide bonds. The molecule has 0 aliphatic rings. The van der Waals surface area contributed by atoms with Crippen LogP contribution in [-0.2, 0) is 6.54 Å². The smallest absolute Gasteiger partial charge is 0.258 e. The molecule has 1 aromatic carbocycles. The van der Waals surface area contributed by atoms with Crippen molar-refractivity contribution in [2.75, 3.05) is 11.1 Å². The number of aromatic amines is 2. The Morgan fingerprint density at radius 1 is 1.37 bits per heavy atom. The number of hydrogen-bond acceptors (Lipinski definition) is 5. The fraction of sp³-hybridized carbons (Fsp3) is 0.0833. The first-order valence-electron chi connectivity index (χ1n) is 5.73. The van der Waals surface area contributed by atoms with Crippen molar-refractivity contribution in [1.29, 1.82) is 0 Å². The lowest BCUT2D eigenvalue weighted by atomic mass is 10.2. The van der Waals surface area contributed by atoms with Crippen molar-refractivity contribution < 1.29 is 0 Å². The van der Waals surface area contributed by atoms with Gasteiger partial charge in [-0.15, -0.1) is 0 Å². The highest BCUT2D eigenvalue weighted by molar-refractivity contribution is 5.88. The second-order valence-electron chi connectivity index (χ2n) is 4.12. The molecule has 7 nitrogen and oxygen atoms in total. The van der Waals surface area contributed by atoms with Crippen LogP contribution in [0.15, 0.2) is 35.5 Å². The highest BCUT2D eigenvalue weighted by Gasteiger charge is 2.06. The molecule has 5 N–H and O–H groups in total. The van der Waals surface area contributed by atoms with Gasteiger partial charge in [-0.05, 0) is 18.2 Å². The standard InChI is InChI=1S/C12H12N6O/c13-9-3-8-10(15-6-16-12(8)19)4-11(9)14-5-7-1-2-17-18-7/h1-4,6,14H,5,13H2,(H,17,18)(H,15,16,19). The van der Waals surface area contributed by atoms with Gasteiger partial charge >= 0.3 is 0 Å². The third-order valence-electron chi connectivity index (χ3n) is 2.84. The van der Waals surface area contributed by atoms with E-state index < -0.39 is 0 Å². The Labute approximate surface area is 107 Å². The van der Waals surface area contributed by atoms with E-state index in [0.29, 0.717) is 23.1 Å². The minimum Gasteiger partial charge on any atom is -0.397 e. The summed E-state index contributed by atoms with van der Waals surface area (Å²) in [6.45, 7) is 0.568. The van der Waals surface area contributed by atoms with Gasteiger partial charge in [-0.25, -0.2) is 4.98 Å². The third-order valence-corrected chi connectivity index (χ3v) is 2.84. The zero-order chi connectivity index (χ0) is 13.2. The first-order chi connectivity index (χ1) is 9.24. The van der Waals surface area contributed by atoms with Crippen molar-refractivity contribution >= 4 is 22.3 Å². The van der Waals surface area contributed by atoms with Gasteiger partial charge in [0.2, 0.25) is 0 Å². The molecular formula is C12H12N6O. The van der Waals surface area contributed by atoms with Crippen molar-refractivity contribution in [3.63, 3.8) is 0 Å². The van der Waals surface area contributed by atoms with E-state index >= 15 is 0 Å². The molecule has 96 valence electrons. The number of rotatable bonds is 3. The van der Waals surface area contributed by atoms with Gasteiger partial charge in [0.15, 0.2) is 0 Å². The highest BCUT2D eigenvalue weighted by atomic mass is 16.1. The van der Waals surface area contributed by atoms with Crippen LogP contribution in [-0.4, -0.2) is 20.2 Å². The average Bonchev–Trinajstić information content (AvgIpc) is 2.91. The molecule has 2 aromatic heterocycles. The third kappa shape index (κ3) is 2.13. The summed E-state index contributed by atoms with van der Waals surface area (Å²) < 4.78 is 0. The normalized spacial score (nSPS) is 10.7. The van der Waals surface area contributed by atoms with Crippen LogP contribution in [0.5, 0.6) is 0 Å². The number of nitrogen functional groups attached to an aromatic ring is 1. The van der Waals surface area contributed by atoms with E-state index in [1.807, 2.05) is 6.07 Å². The van der Waals surface area contributed by atoms with E-state index in [1.54, 1.807) is 18.3 Å². The van der Waals surface area contributed by atoms with Gasteiger partial charge in [-0.1, -0.05) is 0 Å². The number of hydrogen-bond donors (Lipinski definition) is 4. The summed E-state index contributed by atoms with van der Waals surface area (Å²) in [5, 5.41) is 10.4. The van der Waals surface area contributed by atoms with E-state index in [4.69, 9.17) is 5.73 Å². The molecule has 0 unspecified atom stereocenters. The Hall–Kier alpha value is -2.83. The van der Waals surface area contributed by atoms with Gasteiger partial charge in [0.1, 0.15) is 0 Å². The van der Waals surface area contributed by atoms with Gasteiger partial charge in [-0.2, -0.15) is 5.10 Å². The highest BCUT2D eigenvalue weighted by Crippen LogP contribution is 2.23. The molecular weight excluding hydrogens is 244 g/mol. The molecule has 0 bridgehead atoms. The molecule has 0 radical (unpaired) electrons. The Morgan fingerprint density at radius 3 is 3.05 bits per heavy atom. The van der Waals surface area contributed by atoms with E-state index in [-0.39, 0.29) is 5.56 Å². The fourth-order valence-corrected chi connectivity index (χ4v) is 1.86. The maximum atomic E-state index is 11.6. The molecule has 0 saturated heterocycles. The Morgan fingerprint density at radius 2 is 2.26 bits per heavy atom. The van der Waals surface area contributed by atoms with Crippen LogP contribution in [0, 0.1) is 0 Å². The van der Waals surface area contributed by atoms with E-state index in [0.717, 1.165) is 11.4 Å². The predicted octanol–water partition coefficient (Wildman–Crippen LogP) is 0.841. The summed E-state index contributed by atoms with van der Waals surface area (Å²) in [5.74, 6) is 0. The van der Waals surface area contributed by atoms with Crippen molar-refractivity contribution in [3.8, 4) is 0 Å². The van der Waals surface area contributed by atoms with E-state index in [9.17, 15) is 4.79 Å². The monoisotopic (exact) mass is 256 g/mol. The van der Waals surface area contributed by atoms with Crippen LogP contribution < -0.4 is 16.6 Å². The summed E-state index contributed by atoms with van der Waals surface area (Å²) in [4.78, 5) is 18.2. The molecule has 0 fully saturated rings. The second kappa shape index (κ2) is 4.45. The topological polar surface area (TPSA) is 112 Å². The summed E-state index contributed by atoms with van der Waals surface area (Å²) in [6, 6.07) is 5.25. The number of nitrogens with one attached hydrogen (secondary N) is 3. The molecule has 0 saturated carbocycles. The van der Waals surface area contributed by atoms with Crippen LogP contribution in [0.3, 0.4) is 0 Å². The number of nitrogens with two attached hydrogens (primary N) is 1. The number of nitrogens with zero attached hydrogens (tertiary/aromatic N) is 2. The Balaban J connectivity index is 1.95. The Kier molecular flexibility index (Phi) is 2.64. The number of aromatic nitrogens is 4. The molecule has 7 heteroatoms. The molecule has 0 aliphatic carbocycles. The lowest BCUT2D eigenvalue weighted by Crippen LogP contribution is -2.09.